The van der Waals surface area contributed by atoms with E-state index in [0.29, 0.717) is 5.76 Å². The van der Waals surface area contributed by atoms with Crippen molar-refractivity contribution in [1.29, 1.82) is 0 Å². The molecule has 0 radical (unpaired) electrons. The van der Waals surface area contributed by atoms with Gasteiger partial charge in [0.2, 0.25) is 0 Å². The van der Waals surface area contributed by atoms with Gasteiger partial charge in [0, 0.05) is 6.08 Å². The molecule has 2 aromatic carbocycles. The molecule has 27 heavy (non-hydrogen) atoms. The Labute approximate surface area is 156 Å². The molecule has 3 rings (SSSR count). The van der Waals surface area contributed by atoms with Gasteiger partial charge in [-0.05, 0) is 52.7 Å². The summed E-state index contributed by atoms with van der Waals surface area (Å²) in [7, 11) is 1.63. The first kappa shape index (κ1) is 18.3. The van der Waals surface area contributed by atoms with Crippen molar-refractivity contribution in [3.8, 4) is 5.75 Å². The summed E-state index contributed by atoms with van der Waals surface area (Å²) in [5.74, 6) is 0.439. The molecule has 0 bridgehead atoms. The van der Waals surface area contributed by atoms with Gasteiger partial charge >= 0.3 is 5.97 Å². The van der Waals surface area contributed by atoms with Gasteiger partial charge in [0.05, 0.1) is 19.9 Å². The van der Waals surface area contributed by atoms with Gasteiger partial charge in [0.15, 0.2) is 6.61 Å². The van der Waals surface area contributed by atoms with E-state index in [1.54, 1.807) is 25.3 Å². The summed E-state index contributed by atoms with van der Waals surface area (Å²) in [6.07, 6.45) is 4.47. The number of nitrogens with one attached hydrogen (secondary N) is 1. The average molecular weight is 365 g/mol. The molecule has 6 nitrogen and oxygen atoms in total. The van der Waals surface area contributed by atoms with E-state index in [0.717, 1.165) is 22.1 Å². The van der Waals surface area contributed by atoms with Crippen molar-refractivity contribution in [2.45, 2.75) is 6.54 Å². The molecule has 6 heteroatoms. The predicted molar refractivity (Wildman–Crippen MR) is 101 cm³/mol. The van der Waals surface area contributed by atoms with Crippen LogP contribution in [0.1, 0.15) is 11.3 Å². The summed E-state index contributed by atoms with van der Waals surface area (Å²) in [5.41, 5.74) is 0.854. The summed E-state index contributed by atoms with van der Waals surface area (Å²) in [6.45, 7) is -0.0947. The van der Waals surface area contributed by atoms with E-state index in [9.17, 15) is 9.59 Å². The van der Waals surface area contributed by atoms with Gasteiger partial charge in [-0.15, -0.1) is 0 Å². The molecule has 0 spiro atoms. The highest BCUT2D eigenvalue weighted by molar-refractivity contribution is 5.91. The number of ether oxygens (including phenoxy) is 2. The van der Waals surface area contributed by atoms with Gasteiger partial charge in [0.1, 0.15) is 11.5 Å². The summed E-state index contributed by atoms with van der Waals surface area (Å²) in [5, 5.41) is 4.67. The van der Waals surface area contributed by atoms with Gasteiger partial charge in [-0.25, -0.2) is 4.79 Å². The van der Waals surface area contributed by atoms with E-state index in [4.69, 9.17) is 13.9 Å². The van der Waals surface area contributed by atoms with Crippen LogP contribution in [0.3, 0.4) is 0 Å². The number of carbonyl (C=O) groups excluding carboxylic acids is 2. The van der Waals surface area contributed by atoms with E-state index in [2.05, 4.69) is 5.32 Å². The monoisotopic (exact) mass is 365 g/mol. The molecular weight excluding hydrogens is 346 g/mol. The SMILES string of the molecule is COc1ccc2cc(/C=C/C(=O)OCC(=O)NCc3ccco3)ccc2c1. The van der Waals surface area contributed by atoms with Crippen molar-refractivity contribution in [2.75, 3.05) is 13.7 Å². The van der Waals surface area contributed by atoms with Gasteiger partial charge in [-0.3, -0.25) is 4.79 Å². The highest BCUT2D eigenvalue weighted by Crippen LogP contribution is 2.22. The van der Waals surface area contributed by atoms with Crippen LogP contribution in [-0.2, 0) is 20.9 Å². The largest absolute Gasteiger partial charge is 0.497 e. The number of methoxy groups -OCH3 is 1. The molecule has 0 fully saturated rings. The van der Waals surface area contributed by atoms with Crippen LogP contribution in [-0.4, -0.2) is 25.6 Å². The lowest BCUT2D eigenvalue weighted by Gasteiger charge is -2.04. The maximum absolute atomic E-state index is 11.8. The molecule has 3 aromatic rings. The Balaban J connectivity index is 1.50. The van der Waals surface area contributed by atoms with Crippen molar-refractivity contribution < 1.29 is 23.5 Å². The molecule has 0 aliphatic carbocycles. The smallest absolute Gasteiger partial charge is 0.331 e. The Hall–Kier alpha value is -3.54. The molecule has 1 N–H and O–H groups in total. The van der Waals surface area contributed by atoms with Crippen LogP contribution in [0.25, 0.3) is 16.8 Å². The van der Waals surface area contributed by atoms with Crippen molar-refractivity contribution in [3.63, 3.8) is 0 Å². The Morgan fingerprint density at radius 2 is 1.93 bits per heavy atom. The second-order valence-electron chi connectivity index (χ2n) is 5.77. The van der Waals surface area contributed by atoms with Crippen LogP contribution < -0.4 is 10.1 Å². The quantitative estimate of drug-likeness (QED) is 0.513. The molecular formula is C21H19NO5. The highest BCUT2D eigenvalue weighted by Gasteiger charge is 2.06. The molecule has 0 atom stereocenters. The van der Waals surface area contributed by atoms with Crippen molar-refractivity contribution in [2.24, 2.45) is 0 Å². The lowest BCUT2D eigenvalue weighted by molar-refractivity contribution is -0.143. The van der Waals surface area contributed by atoms with Crippen molar-refractivity contribution in [1.82, 2.24) is 5.32 Å². The third-order valence-electron chi connectivity index (χ3n) is 3.87. The molecule has 138 valence electrons. The number of esters is 1. The van der Waals surface area contributed by atoms with Gasteiger partial charge in [0.25, 0.3) is 5.91 Å². The standard InChI is InChI=1S/C21H19NO5/c1-25-18-8-7-16-11-15(4-6-17(16)12-18)5-9-21(24)27-14-20(23)22-13-19-3-2-10-26-19/h2-12H,13-14H2,1H3,(H,22,23)/b9-5+. The average Bonchev–Trinajstić information content (AvgIpc) is 3.22. The predicted octanol–water partition coefficient (Wildman–Crippen LogP) is 3.31. The molecule has 0 saturated carbocycles. The Morgan fingerprint density at radius 3 is 2.70 bits per heavy atom. The van der Waals surface area contributed by atoms with Crippen LogP contribution in [0, 0.1) is 0 Å². The maximum Gasteiger partial charge on any atom is 0.331 e. The van der Waals surface area contributed by atoms with Crippen LogP contribution in [0.15, 0.2) is 65.3 Å². The topological polar surface area (TPSA) is 77.8 Å². The van der Waals surface area contributed by atoms with E-state index >= 15 is 0 Å². The number of amides is 1. The molecule has 0 aliphatic heterocycles. The fourth-order valence-electron chi connectivity index (χ4n) is 2.47. The van der Waals surface area contributed by atoms with Crippen LogP contribution in [0.4, 0.5) is 0 Å². The summed E-state index contributed by atoms with van der Waals surface area (Å²) >= 11 is 0. The molecule has 1 aromatic heterocycles. The normalized spacial score (nSPS) is 10.9. The Bertz CT molecular complexity index is 960. The summed E-state index contributed by atoms with van der Waals surface area (Å²) in [4.78, 5) is 23.4. The minimum absolute atomic E-state index is 0.251. The Kier molecular flexibility index (Phi) is 5.89. The number of hydrogen-bond acceptors (Lipinski definition) is 5. The van der Waals surface area contributed by atoms with E-state index in [1.807, 2.05) is 36.4 Å². The van der Waals surface area contributed by atoms with E-state index in [1.165, 1.54) is 12.3 Å². The van der Waals surface area contributed by atoms with Gasteiger partial charge < -0.3 is 19.2 Å². The minimum atomic E-state index is -0.585. The second-order valence-corrected chi connectivity index (χ2v) is 5.77. The van der Waals surface area contributed by atoms with Crippen LogP contribution in [0.5, 0.6) is 5.75 Å². The molecule has 0 aliphatic rings. The number of hydrogen-bond donors (Lipinski definition) is 1. The molecule has 0 saturated heterocycles. The molecule has 1 amide bonds. The lowest BCUT2D eigenvalue weighted by Crippen LogP contribution is -2.27. The number of carbonyl (C=O) groups is 2. The van der Waals surface area contributed by atoms with Gasteiger partial charge in [-0.2, -0.15) is 0 Å². The van der Waals surface area contributed by atoms with Crippen LogP contribution in [0.2, 0.25) is 0 Å². The zero-order valence-corrected chi connectivity index (χ0v) is 14.8. The van der Waals surface area contributed by atoms with Gasteiger partial charge in [-0.1, -0.05) is 18.2 Å². The van der Waals surface area contributed by atoms with Crippen LogP contribution >= 0.6 is 0 Å². The van der Waals surface area contributed by atoms with E-state index in [-0.39, 0.29) is 13.2 Å². The summed E-state index contributed by atoms with van der Waals surface area (Å²) < 4.78 is 15.2. The Morgan fingerprint density at radius 1 is 1.11 bits per heavy atom. The third-order valence-corrected chi connectivity index (χ3v) is 3.87. The highest BCUT2D eigenvalue weighted by atomic mass is 16.5. The maximum atomic E-state index is 11.8. The lowest BCUT2D eigenvalue weighted by atomic mass is 10.1. The van der Waals surface area contributed by atoms with E-state index < -0.39 is 11.9 Å². The van der Waals surface area contributed by atoms with Crippen molar-refractivity contribution in [3.05, 3.63) is 72.2 Å². The first-order chi connectivity index (χ1) is 13.1. The summed E-state index contributed by atoms with van der Waals surface area (Å²) in [6, 6.07) is 15.0. The molecule has 1 heterocycles. The first-order valence-corrected chi connectivity index (χ1v) is 8.36. The fourth-order valence-corrected chi connectivity index (χ4v) is 2.47. The number of benzene rings is 2. The zero-order chi connectivity index (χ0) is 19.1. The third kappa shape index (κ3) is 5.22. The fraction of sp³-hybridized carbons (Fsp3) is 0.143. The minimum Gasteiger partial charge on any atom is -0.497 e. The number of furan rings is 1. The first-order valence-electron chi connectivity index (χ1n) is 8.36. The molecule has 0 unspecified atom stereocenters. The number of rotatable bonds is 7. The zero-order valence-electron chi connectivity index (χ0n) is 14.8. The van der Waals surface area contributed by atoms with Crippen molar-refractivity contribution >= 4 is 28.7 Å². The number of fused-ring (bicyclic) bond motifs is 1. The second kappa shape index (κ2) is 8.71.